The van der Waals surface area contributed by atoms with Crippen LogP contribution in [0.4, 0.5) is 0 Å². The fourth-order valence-electron chi connectivity index (χ4n) is 1.27. The van der Waals surface area contributed by atoms with Crippen molar-refractivity contribution in [1.29, 1.82) is 5.41 Å². The molecule has 1 aromatic carbocycles. The molecule has 0 fully saturated rings. The summed E-state index contributed by atoms with van der Waals surface area (Å²) in [6, 6.07) is 11.6. The van der Waals surface area contributed by atoms with Crippen molar-refractivity contribution in [3.05, 3.63) is 42.1 Å². The highest BCUT2D eigenvalue weighted by Crippen LogP contribution is 2.21. The number of aromatic nitrogens is 1. The summed E-state index contributed by atoms with van der Waals surface area (Å²) in [4.78, 5) is 0. The Hall–Kier alpha value is -1.75. The summed E-state index contributed by atoms with van der Waals surface area (Å²) in [5, 5.41) is 11.1. The van der Waals surface area contributed by atoms with Gasteiger partial charge in [-0.2, -0.15) is 0 Å². The van der Waals surface area contributed by atoms with Gasteiger partial charge in [0.25, 0.3) is 0 Å². The van der Waals surface area contributed by atoms with Gasteiger partial charge in [0, 0.05) is 17.4 Å². The zero-order chi connectivity index (χ0) is 11.4. The van der Waals surface area contributed by atoms with E-state index in [1.54, 1.807) is 0 Å². The summed E-state index contributed by atoms with van der Waals surface area (Å²) in [5.74, 6) is 1.30. The SMILES string of the molecule is N=C(N)SCc1cc(-c2ccccc2)on1. The molecule has 0 saturated carbocycles. The molecule has 0 radical (unpaired) electrons. The van der Waals surface area contributed by atoms with Gasteiger partial charge in [0.15, 0.2) is 10.9 Å². The van der Waals surface area contributed by atoms with Crippen molar-refractivity contribution in [1.82, 2.24) is 5.16 Å². The quantitative estimate of drug-likeness (QED) is 0.630. The minimum Gasteiger partial charge on any atom is -0.379 e. The van der Waals surface area contributed by atoms with Crippen LogP contribution in [-0.4, -0.2) is 10.3 Å². The van der Waals surface area contributed by atoms with Gasteiger partial charge in [-0.15, -0.1) is 0 Å². The fourth-order valence-corrected chi connectivity index (χ4v) is 1.71. The van der Waals surface area contributed by atoms with E-state index in [2.05, 4.69) is 5.16 Å². The number of hydrogen-bond donors (Lipinski definition) is 2. The molecule has 0 saturated heterocycles. The maximum absolute atomic E-state index is 7.10. The number of nitrogens with zero attached hydrogens (tertiary/aromatic N) is 1. The van der Waals surface area contributed by atoms with Crippen molar-refractivity contribution in [2.75, 3.05) is 0 Å². The first-order valence-corrected chi connectivity index (χ1v) is 5.72. The third-order valence-electron chi connectivity index (χ3n) is 1.99. The van der Waals surface area contributed by atoms with Gasteiger partial charge in [-0.3, -0.25) is 5.41 Å². The van der Waals surface area contributed by atoms with E-state index in [1.165, 1.54) is 11.8 Å². The largest absolute Gasteiger partial charge is 0.379 e. The highest BCUT2D eigenvalue weighted by atomic mass is 32.2. The number of rotatable bonds is 3. The molecular formula is C11H11N3OS. The van der Waals surface area contributed by atoms with Crippen molar-refractivity contribution >= 4 is 16.9 Å². The Labute approximate surface area is 97.3 Å². The molecule has 0 bridgehead atoms. The van der Waals surface area contributed by atoms with Crippen LogP contribution in [0.25, 0.3) is 11.3 Å². The minimum absolute atomic E-state index is 0.0873. The van der Waals surface area contributed by atoms with Crippen LogP contribution in [-0.2, 0) is 5.75 Å². The van der Waals surface area contributed by atoms with E-state index in [0.717, 1.165) is 17.0 Å². The molecule has 4 nitrogen and oxygen atoms in total. The number of thioether (sulfide) groups is 1. The molecule has 0 aliphatic heterocycles. The Morgan fingerprint density at radius 2 is 2.12 bits per heavy atom. The summed E-state index contributed by atoms with van der Waals surface area (Å²) in [5.41, 5.74) is 7.03. The second-order valence-electron chi connectivity index (χ2n) is 3.20. The van der Waals surface area contributed by atoms with Gasteiger partial charge in [-0.25, -0.2) is 0 Å². The normalized spacial score (nSPS) is 10.2. The van der Waals surface area contributed by atoms with Crippen LogP contribution in [0.3, 0.4) is 0 Å². The van der Waals surface area contributed by atoms with Crippen LogP contribution < -0.4 is 5.73 Å². The van der Waals surface area contributed by atoms with Crippen molar-refractivity contribution in [2.24, 2.45) is 5.73 Å². The van der Waals surface area contributed by atoms with Crippen LogP contribution in [0.1, 0.15) is 5.69 Å². The predicted molar refractivity (Wildman–Crippen MR) is 65.1 cm³/mol. The molecular weight excluding hydrogens is 222 g/mol. The Balaban J connectivity index is 2.11. The third-order valence-corrected chi connectivity index (χ3v) is 2.74. The van der Waals surface area contributed by atoms with Gasteiger partial charge in [-0.05, 0) is 0 Å². The molecule has 2 rings (SSSR count). The number of nitrogens with two attached hydrogens (primary N) is 1. The molecule has 0 atom stereocenters. The van der Waals surface area contributed by atoms with E-state index in [4.69, 9.17) is 15.7 Å². The van der Waals surface area contributed by atoms with Gasteiger partial charge in [0.2, 0.25) is 0 Å². The van der Waals surface area contributed by atoms with E-state index in [1.807, 2.05) is 36.4 Å². The van der Waals surface area contributed by atoms with Crippen LogP contribution in [0.15, 0.2) is 40.9 Å². The molecule has 5 heteroatoms. The molecule has 82 valence electrons. The zero-order valence-electron chi connectivity index (χ0n) is 8.51. The molecule has 1 heterocycles. The minimum atomic E-state index is 0.0873. The predicted octanol–water partition coefficient (Wildman–Crippen LogP) is 2.47. The van der Waals surface area contributed by atoms with Gasteiger partial charge in [0.1, 0.15) is 0 Å². The van der Waals surface area contributed by atoms with Crippen molar-refractivity contribution in [3.63, 3.8) is 0 Å². The second kappa shape index (κ2) is 4.85. The molecule has 2 aromatic rings. The maximum atomic E-state index is 7.10. The summed E-state index contributed by atoms with van der Waals surface area (Å²) < 4.78 is 5.21. The van der Waals surface area contributed by atoms with Crippen molar-refractivity contribution < 1.29 is 4.52 Å². The first kappa shape index (κ1) is 10.8. The number of benzene rings is 1. The Bertz CT molecular complexity index is 481. The summed E-state index contributed by atoms with van der Waals surface area (Å²) in [7, 11) is 0. The van der Waals surface area contributed by atoms with Crippen LogP contribution in [0.2, 0.25) is 0 Å². The lowest BCUT2D eigenvalue weighted by Crippen LogP contribution is -2.03. The van der Waals surface area contributed by atoms with Crippen LogP contribution >= 0.6 is 11.8 Å². The molecule has 0 amide bonds. The van der Waals surface area contributed by atoms with Crippen LogP contribution in [0.5, 0.6) is 0 Å². The van der Waals surface area contributed by atoms with E-state index in [-0.39, 0.29) is 5.17 Å². The average Bonchev–Trinajstić information content (AvgIpc) is 2.76. The first-order valence-electron chi connectivity index (χ1n) is 4.73. The highest BCUT2D eigenvalue weighted by molar-refractivity contribution is 8.13. The lowest BCUT2D eigenvalue weighted by atomic mass is 10.2. The molecule has 0 unspecified atom stereocenters. The first-order chi connectivity index (χ1) is 7.75. The smallest absolute Gasteiger partial charge is 0.167 e. The summed E-state index contributed by atoms with van der Waals surface area (Å²) in [6.07, 6.45) is 0. The second-order valence-corrected chi connectivity index (χ2v) is 4.22. The van der Waals surface area contributed by atoms with E-state index < -0.39 is 0 Å². The number of amidine groups is 1. The third kappa shape index (κ3) is 2.64. The standard InChI is InChI=1S/C11H11N3OS/c12-11(13)16-7-9-6-10(15-14-9)8-4-2-1-3-5-8/h1-6H,7H2,(H3,12,13). The van der Waals surface area contributed by atoms with Gasteiger partial charge in [0.05, 0.1) is 5.69 Å². The molecule has 0 spiro atoms. The molecule has 1 aromatic heterocycles. The molecule has 0 aliphatic rings. The Morgan fingerprint density at radius 3 is 2.81 bits per heavy atom. The Kier molecular flexibility index (Phi) is 3.26. The number of nitrogens with one attached hydrogen (secondary N) is 1. The lowest BCUT2D eigenvalue weighted by Gasteiger charge is -1.92. The van der Waals surface area contributed by atoms with E-state index in [9.17, 15) is 0 Å². The van der Waals surface area contributed by atoms with Crippen LogP contribution in [0, 0.1) is 5.41 Å². The fraction of sp³-hybridized carbons (Fsp3) is 0.0909. The molecule has 3 N–H and O–H groups in total. The van der Waals surface area contributed by atoms with Gasteiger partial charge >= 0.3 is 0 Å². The summed E-state index contributed by atoms with van der Waals surface area (Å²) in [6.45, 7) is 0. The molecule has 16 heavy (non-hydrogen) atoms. The highest BCUT2D eigenvalue weighted by Gasteiger charge is 2.06. The lowest BCUT2D eigenvalue weighted by molar-refractivity contribution is 0.426. The number of hydrogen-bond acceptors (Lipinski definition) is 4. The van der Waals surface area contributed by atoms with Gasteiger partial charge < -0.3 is 10.3 Å². The van der Waals surface area contributed by atoms with E-state index >= 15 is 0 Å². The van der Waals surface area contributed by atoms with E-state index in [0.29, 0.717) is 5.75 Å². The summed E-state index contributed by atoms with van der Waals surface area (Å²) >= 11 is 1.23. The van der Waals surface area contributed by atoms with Crippen molar-refractivity contribution in [2.45, 2.75) is 5.75 Å². The topological polar surface area (TPSA) is 75.9 Å². The zero-order valence-corrected chi connectivity index (χ0v) is 9.33. The average molecular weight is 233 g/mol. The monoisotopic (exact) mass is 233 g/mol. The van der Waals surface area contributed by atoms with Gasteiger partial charge in [-0.1, -0.05) is 47.3 Å². The Morgan fingerprint density at radius 1 is 1.38 bits per heavy atom. The maximum Gasteiger partial charge on any atom is 0.167 e. The molecule has 0 aliphatic carbocycles. The van der Waals surface area contributed by atoms with Crippen molar-refractivity contribution in [3.8, 4) is 11.3 Å².